The van der Waals surface area contributed by atoms with Crippen LogP contribution in [0.2, 0.25) is 0 Å². The largest absolute Gasteiger partial charge is 0.372 e. The number of nitrogens with zero attached hydrogens (tertiary/aromatic N) is 1. The molecule has 1 amide bonds. The molecule has 2 heterocycles. The minimum absolute atomic E-state index is 0.0644. The zero-order valence-corrected chi connectivity index (χ0v) is 22.7. The number of nitrogens with one attached hydrogen (secondary N) is 2. The van der Waals surface area contributed by atoms with Gasteiger partial charge in [-0.25, -0.2) is 4.39 Å². The number of allylic oxidation sites excluding steroid dienone is 3. The maximum Gasteiger partial charge on any atom is 0.254 e. The van der Waals surface area contributed by atoms with E-state index in [4.69, 9.17) is 0 Å². The van der Waals surface area contributed by atoms with Gasteiger partial charge in [0.2, 0.25) is 0 Å². The molecule has 2 atom stereocenters. The Kier molecular flexibility index (Phi) is 7.47. The Morgan fingerprint density at radius 1 is 1.05 bits per heavy atom. The van der Waals surface area contributed by atoms with E-state index in [9.17, 15) is 14.0 Å². The number of anilines is 2. The molecule has 2 aliphatic rings. The molecule has 0 radical (unpaired) electrons. The number of carbonyl (C=O) groups is 2. The molecule has 2 N–H and O–H groups in total. The molecule has 38 heavy (non-hydrogen) atoms. The summed E-state index contributed by atoms with van der Waals surface area (Å²) in [6.07, 6.45) is 1.14. The minimum atomic E-state index is -0.491. The van der Waals surface area contributed by atoms with Gasteiger partial charge < -0.3 is 15.5 Å². The fourth-order valence-electron chi connectivity index (χ4n) is 5.60. The van der Waals surface area contributed by atoms with Crippen molar-refractivity contribution in [1.29, 1.82) is 0 Å². The third-order valence-electron chi connectivity index (χ3n) is 7.47. The number of halogens is 1. The van der Waals surface area contributed by atoms with Crippen LogP contribution in [0, 0.1) is 5.82 Å². The van der Waals surface area contributed by atoms with Crippen LogP contribution in [0.25, 0.3) is 0 Å². The van der Waals surface area contributed by atoms with Crippen molar-refractivity contribution < 1.29 is 14.0 Å². The van der Waals surface area contributed by atoms with E-state index in [1.54, 1.807) is 11.3 Å². The summed E-state index contributed by atoms with van der Waals surface area (Å²) in [5.41, 5.74) is 5.30. The summed E-state index contributed by atoms with van der Waals surface area (Å²) in [5.74, 6) is -0.975. The first-order chi connectivity index (χ1) is 18.4. The normalized spacial score (nSPS) is 19.2. The zero-order valence-electron chi connectivity index (χ0n) is 21.9. The SMILES string of the molecule is CCN(CC)c1ccc([C@@H]2C(C(=O)Nc3ccc(F)cc3)=C(C)NC3=C2C(=O)C[C@@H](c2cccs2)C3)cc1. The lowest BCUT2D eigenvalue weighted by Gasteiger charge is -2.37. The van der Waals surface area contributed by atoms with Gasteiger partial charge in [-0.3, -0.25) is 9.59 Å². The standard InChI is InChI=1S/C31H32FN3O2S/c1-4-35(5-2)24-14-8-20(9-15-24)29-28(31(37)34-23-12-10-22(32)11-13-23)19(3)33-25-17-21(18-26(36)30(25)29)27-7-6-16-38-27/h6-16,21,29,33H,4-5,17-18H2,1-3H3,(H,34,37)/t21-,29+/m0/s1. The van der Waals surface area contributed by atoms with Gasteiger partial charge in [-0.15, -0.1) is 11.3 Å². The molecule has 5 rings (SSSR count). The molecule has 0 fully saturated rings. The van der Waals surface area contributed by atoms with E-state index in [2.05, 4.69) is 47.6 Å². The molecule has 2 aromatic carbocycles. The average Bonchev–Trinajstić information content (AvgIpc) is 3.45. The van der Waals surface area contributed by atoms with Gasteiger partial charge in [0.1, 0.15) is 5.82 Å². The molecule has 0 bridgehead atoms. The summed E-state index contributed by atoms with van der Waals surface area (Å²) in [5, 5.41) is 8.39. The van der Waals surface area contributed by atoms with Crippen molar-refractivity contribution in [3.63, 3.8) is 0 Å². The molecular weight excluding hydrogens is 497 g/mol. The predicted molar refractivity (Wildman–Crippen MR) is 152 cm³/mol. The number of hydrogen-bond acceptors (Lipinski definition) is 5. The molecular formula is C31H32FN3O2S. The Bertz CT molecular complexity index is 1390. The summed E-state index contributed by atoms with van der Waals surface area (Å²) >= 11 is 1.67. The monoisotopic (exact) mass is 529 g/mol. The van der Waals surface area contributed by atoms with Crippen LogP contribution in [0.1, 0.15) is 55.9 Å². The first-order valence-corrected chi connectivity index (χ1v) is 14.0. The highest BCUT2D eigenvalue weighted by Crippen LogP contribution is 2.46. The van der Waals surface area contributed by atoms with E-state index >= 15 is 0 Å². The van der Waals surface area contributed by atoms with Gasteiger partial charge in [-0.1, -0.05) is 18.2 Å². The molecule has 7 heteroatoms. The lowest BCUT2D eigenvalue weighted by molar-refractivity contribution is -0.116. The van der Waals surface area contributed by atoms with Crippen LogP contribution in [0.4, 0.5) is 15.8 Å². The van der Waals surface area contributed by atoms with Crippen LogP contribution in [0.5, 0.6) is 0 Å². The number of carbonyl (C=O) groups excluding carboxylic acids is 2. The van der Waals surface area contributed by atoms with Crippen LogP contribution in [-0.2, 0) is 9.59 Å². The van der Waals surface area contributed by atoms with E-state index in [-0.39, 0.29) is 23.4 Å². The third kappa shape index (κ3) is 5.03. The maximum atomic E-state index is 13.8. The second-order valence-electron chi connectivity index (χ2n) is 9.76. The molecule has 196 valence electrons. The van der Waals surface area contributed by atoms with Crippen LogP contribution >= 0.6 is 11.3 Å². The quantitative estimate of drug-likeness (QED) is 0.356. The number of dihydropyridines is 1. The Morgan fingerprint density at radius 3 is 2.39 bits per heavy atom. The smallest absolute Gasteiger partial charge is 0.254 e. The van der Waals surface area contributed by atoms with Gasteiger partial charge in [0, 0.05) is 70.1 Å². The molecule has 0 unspecified atom stereocenters. The number of rotatable bonds is 7. The van der Waals surface area contributed by atoms with E-state index in [0.717, 1.165) is 42.2 Å². The van der Waals surface area contributed by atoms with E-state index in [1.807, 2.05) is 30.5 Å². The molecule has 0 saturated carbocycles. The Morgan fingerprint density at radius 2 is 1.76 bits per heavy atom. The summed E-state index contributed by atoms with van der Waals surface area (Å²) in [6.45, 7) is 7.92. The number of Topliss-reactive ketones (excluding diaryl/α,β-unsaturated/α-hetero) is 1. The van der Waals surface area contributed by atoms with E-state index in [0.29, 0.717) is 23.3 Å². The second kappa shape index (κ2) is 11.0. The van der Waals surface area contributed by atoms with E-state index < -0.39 is 5.92 Å². The summed E-state index contributed by atoms with van der Waals surface area (Å²) in [7, 11) is 0. The Hall–Kier alpha value is -3.71. The summed E-state index contributed by atoms with van der Waals surface area (Å²) in [6, 6.07) is 18.0. The number of hydrogen-bond donors (Lipinski definition) is 2. The van der Waals surface area contributed by atoms with Gasteiger partial charge in [0.25, 0.3) is 5.91 Å². The molecule has 1 aliphatic carbocycles. The Labute approximate surface area is 227 Å². The van der Waals surface area contributed by atoms with Gasteiger partial charge in [0.15, 0.2) is 5.78 Å². The van der Waals surface area contributed by atoms with Crippen molar-refractivity contribution in [1.82, 2.24) is 5.32 Å². The fourth-order valence-corrected chi connectivity index (χ4v) is 6.43. The van der Waals surface area contributed by atoms with Crippen molar-refractivity contribution in [2.75, 3.05) is 23.3 Å². The highest BCUT2D eigenvalue weighted by Gasteiger charge is 2.41. The topological polar surface area (TPSA) is 61.4 Å². The minimum Gasteiger partial charge on any atom is -0.372 e. The van der Waals surface area contributed by atoms with Crippen LogP contribution in [0.3, 0.4) is 0 Å². The van der Waals surface area contributed by atoms with Crippen LogP contribution in [0.15, 0.2) is 88.6 Å². The second-order valence-corrected chi connectivity index (χ2v) is 10.7. The van der Waals surface area contributed by atoms with Gasteiger partial charge in [-0.2, -0.15) is 0 Å². The number of thiophene rings is 1. The van der Waals surface area contributed by atoms with Crippen molar-refractivity contribution in [3.8, 4) is 0 Å². The van der Waals surface area contributed by atoms with Gasteiger partial charge in [0.05, 0.1) is 0 Å². The number of amides is 1. The molecule has 0 spiro atoms. The molecule has 3 aromatic rings. The average molecular weight is 530 g/mol. The van der Waals surface area contributed by atoms with Crippen molar-refractivity contribution in [2.45, 2.75) is 45.4 Å². The fraction of sp³-hybridized carbons (Fsp3) is 0.290. The first kappa shape index (κ1) is 25.9. The summed E-state index contributed by atoms with van der Waals surface area (Å²) < 4.78 is 13.4. The van der Waals surface area contributed by atoms with Gasteiger partial charge >= 0.3 is 0 Å². The zero-order chi connectivity index (χ0) is 26.8. The third-order valence-corrected chi connectivity index (χ3v) is 8.51. The first-order valence-electron chi connectivity index (χ1n) is 13.1. The van der Waals surface area contributed by atoms with Crippen LogP contribution < -0.4 is 15.5 Å². The van der Waals surface area contributed by atoms with Crippen molar-refractivity contribution in [3.05, 3.63) is 105 Å². The lowest BCUT2D eigenvalue weighted by Crippen LogP contribution is -2.37. The van der Waals surface area contributed by atoms with E-state index in [1.165, 1.54) is 29.1 Å². The molecule has 1 aromatic heterocycles. The highest BCUT2D eigenvalue weighted by atomic mass is 32.1. The molecule has 5 nitrogen and oxygen atoms in total. The molecule has 1 aliphatic heterocycles. The maximum absolute atomic E-state index is 13.8. The van der Waals surface area contributed by atoms with Crippen molar-refractivity contribution in [2.24, 2.45) is 0 Å². The predicted octanol–water partition coefficient (Wildman–Crippen LogP) is 6.73. The van der Waals surface area contributed by atoms with Crippen LogP contribution in [-0.4, -0.2) is 24.8 Å². The van der Waals surface area contributed by atoms with Gasteiger partial charge in [-0.05, 0) is 80.6 Å². The highest BCUT2D eigenvalue weighted by molar-refractivity contribution is 7.10. The molecule has 0 saturated heterocycles. The lowest BCUT2D eigenvalue weighted by atomic mass is 9.72. The number of ketones is 1. The number of benzene rings is 2. The Balaban J connectivity index is 1.55. The summed E-state index contributed by atoms with van der Waals surface area (Å²) in [4.78, 5) is 30.9. The van der Waals surface area contributed by atoms with Crippen molar-refractivity contribution >= 4 is 34.4 Å².